The van der Waals surface area contributed by atoms with Crippen molar-refractivity contribution in [1.29, 1.82) is 0 Å². The van der Waals surface area contributed by atoms with E-state index in [1.54, 1.807) is 12.1 Å². The predicted molar refractivity (Wildman–Crippen MR) is 93.2 cm³/mol. The number of halogens is 3. The van der Waals surface area contributed by atoms with Gasteiger partial charge in [0.1, 0.15) is 5.75 Å². The highest BCUT2D eigenvalue weighted by molar-refractivity contribution is 5.77. The van der Waals surface area contributed by atoms with Crippen molar-refractivity contribution in [1.82, 2.24) is 10.2 Å². The van der Waals surface area contributed by atoms with Crippen LogP contribution in [0.1, 0.15) is 12.0 Å². The fourth-order valence-corrected chi connectivity index (χ4v) is 2.57. The van der Waals surface area contributed by atoms with E-state index >= 15 is 0 Å². The largest absolute Gasteiger partial charge is 0.573 e. The van der Waals surface area contributed by atoms with Gasteiger partial charge in [-0.3, -0.25) is 9.89 Å². The molecule has 146 valence electrons. The summed E-state index contributed by atoms with van der Waals surface area (Å²) >= 11 is 0. The summed E-state index contributed by atoms with van der Waals surface area (Å²) in [7, 11) is 0. The van der Waals surface area contributed by atoms with Gasteiger partial charge < -0.3 is 20.5 Å². The second kappa shape index (κ2) is 10.2. The Morgan fingerprint density at radius 3 is 2.58 bits per heavy atom. The third-order valence-corrected chi connectivity index (χ3v) is 3.90. The number of alkyl halides is 3. The summed E-state index contributed by atoms with van der Waals surface area (Å²) in [4.78, 5) is 6.62. The van der Waals surface area contributed by atoms with Crippen molar-refractivity contribution in [2.24, 2.45) is 10.7 Å². The van der Waals surface area contributed by atoms with E-state index in [1.165, 1.54) is 12.1 Å². The molecule has 0 aliphatic carbocycles. The summed E-state index contributed by atoms with van der Waals surface area (Å²) in [5, 5.41) is 3.01. The lowest BCUT2D eigenvalue weighted by Gasteiger charge is -2.26. The zero-order valence-electron chi connectivity index (χ0n) is 14.6. The van der Waals surface area contributed by atoms with Crippen molar-refractivity contribution < 1.29 is 22.6 Å². The van der Waals surface area contributed by atoms with Crippen molar-refractivity contribution in [2.75, 3.05) is 45.9 Å². The Hall–Kier alpha value is -2.00. The molecular formula is C17H25F3N4O2. The quantitative estimate of drug-likeness (QED) is 0.412. The maximum Gasteiger partial charge on any atom is 0.573 e. The first-order chi connectivity index (χ1) is 12.4. The van der Waals surface area contributed by atoms with Crippen LogP contribution in [0.4, 0.5) is 13.2 Å². The molecule has 0 radical (unpaired) electrons. The highest BCUT2D eigenvalue weighted by Crippen LogP contribution is 2.22. The number of nitrogens with zero attached hydrogens (tertiary/aromatic N) is 2. The van der Waals surface area contributed by atoms with Gasteiger partial charge in [-0.2, -0.15) is 0 Å². The number of nitrogens with one attached hydrogen (secondary N) is 1. The lowest BCUT2D eigenvalue weighted by Crippen LogP contribution is -2.37. The van der Waals surface area contributed by atoms with Gasteiger partial charge in [0.05, 0.1) is 13.2 Å². The standard InChI is InChI=1S/C17H25F3N4O2/c18-17(19,20)26-15-4-2-14(3-5-15)6-8-23-16(21)22-7-1-9-24-10-12-25-13-11-24/h2-5H,1,6-13H2,(H3,21,22,23). The third-order valence-electron chi connectivity index (χ3n) is 3.90. The van der Waals surface area contributed by atoms with Crippen molar-refractivity contribution in [2.45, 2.75) is 19.2 Å². The number of aliphatic imine (C=N–C) groups is 1. The molecule has 0 saturated carbocycles. The zero-order valence-corrected chi connectivity index (χ0v) is 14.6. The summed E-state index contributed by atoms with van der Waals surface area (Å²) in [6, 6.07) is 5.79. The van der Waals surface area contributed by atoms with Crippen LogP contribution in [0.3, 0.4) is 0 Å². The number of hydrogen-bond donors (Lipinski definition) is 2. The molecule has 0 amide bonds. The van der Waals surface area contributed by atoms with Crippen LogP contribution in [0.25, 0.3) is 0 Å². The SMILES string of the molecule is NC(=NCCCN1CCOCC1)NCCc1ccc(OC(F)(F)F)cc1. The monoisotopic (exact) mass is 374 g/mol. The lowest BCUT2D eigenvalue weighted by molar-refractivity contribution is -0.274. The van der Waals surface area contributed by atoms with Gasteiger partial charge >= 0.3 is 6.36 Å². The Morgan fingerprint density at radius 1 is 1.23 bits per heavy atom. The minimum atomic E-state index is -4.67. The molecule has 1 aromatic carbocycles. The van der Waals surface area contributed by atoms with Gasteiger partial charge in [0.15, 0.2) is 5.96 Å². The summed E-state index contributed by atoms with van der Waals surface area (Å²) in [5.74, 6) is 0.152. The van der Waals surface area contributed by atoms with E-state index in [1.807, 2.05) is 0 Å². The molecule has 0 aromatic heterocycles. The Kier molecular flexibility index (Phi) is 7.99. The van der Waals surface area contributed by atoms with E-state index < -0.39 is 6.36 Å². The van der Waals surface area contributed by atoms with Gasteiger partial charge in [-0.25, -0.2) is 0 Å². The molecule has 1 fully saturated rings. The second-order valence-corrected chi connectivity index (χ2v) is 5.94. The first-order valence-electron chi connectivity index (χ1n) is 8.61. The number of rotatable bonds is 8. The average molecular weight is 374 g/mol. The maximum absolute atomic E-state index is 12.1. The van der Waals surface area contributed by atoms with E-state index in [4.69, 9.17) is 10.5 Å². The predicted octanol–water partition coefficient (Wildman–Crippen LogP) is 1.75. The highest BCUT2D eigenvalue weighted by Gasteiger charge is 2.30. The Morgan fingerprint density at radius 2 is 1.92 bits per heavy atom. The van der Waals surface area contributed by atoms with E-state index in [0.717, 1.165) is 44.8 Å². The molecule has 0 spiro atoms. The Balaban J connectivity index is 1.60. The molecule has 9 heteroatoms. The van der Waals surface area contributed by atoms with Crippen LogP contribution < -0.4 is 15.8 Å². The van der Waals surface area contributed by atoms with Crippen LogP contribution in [0.15, 0.2) is 29.3 Å². The Labute approximate surface area is 151 Å². The molecular weight excluding hydrogens is 349 g/mol. The number of hydrogen-bond acceptors (Lipinski definition) is 4. The van der Waals surface area contributed by atoms with Gasteiger partial charge in [-0.05, 0) is 30.5 Å². The molecule has 0 bridgehead atoms. The normalized spacial score (nSPS) is 16.5. The van der Waals surface area contributed by atoms with E-state index in [-0.39, 0.29) is 5.75 Å². The number of nitrogens with two attached hydrogens (primary N) is 1. The van der Waals surface area contributed by atoms with Crippen LogP contribution >= 0.6 is 0 Å². The van der Waals surface area contributed by atoms with Gasteiger partial charge in [0.25, 0.3) is 0 Å². The molecule has 1 heterocycles. The van der Waals surface area contributed by atoms with Gasteiger partial charge in [-0.15, -0.1) is 13.2 Å². The van der Waals surface area contributed by atoms with Crippen molar-refractivity contribution in [3.8, 4) is 5.75 Å². The van der Waals surface area contributed by atoms with E-state index in [0.29, 0.717) is 25.5 Å². The van der Waals surface area contributed by atoms with Gasteiger partial charge in [0, 0.05) is 32.7 Å². The van der Waals surface area contributed by atoms with Gasteiger partial charge in [-0.1, -0.05) is 12.1 Å². The third kappa shape index (κ3) is 8.39. The molecule has 6 nitrogen and oxygen atoms in total. The fourth-order valence-electron chi connectivity index (χ4n) is 2.57. The van der Waals surface area contributed by atoms with Crippen molar-refractivity contribution in [3.63, 3.8) is 0 Å². The second-order valence-electron chi connectivity index (χ2n) is 5.94. The minimum Gasteiger partial charge on any atom is -0.406 e. The molecule has 3 N–H and O–H groups in total. The molecule has 26 heavy (non-hydrogen) atoms. The number of benzene rings is 1. The summed E-state index contributed by atoms with van der Waals surface area (Å²) in [6.07, 6.45) is -3.12. The first-order valence-corrected chi connectivity index (χ1v) is 8.61. The maximum atomic E-state index is 12.1. The number of ether oxygens (including phenoxy) is 2. The van der Waals surface area contributed by atoms with Crippen LogP contribution in [0, 0.1) is 0 Å². The highest BCUT2D eigenvalue weighted by atomic mass is 19.4. The summed E-state index contributed by atoms with van der Waals surface area (Å²) in [6.45, 7) is 5.69. The van der Waals surface area contributed by atoms with Crippen molar-refractivity contribution >= 4 is 5.96 Å². The van der Waals surface area contributed by atoms with Crippen molar-refractivity contribution in [3.05, 3.63) is 29.8 Å². The van der Waals surface area contributed by atoms with E-state index in [2.05, 4.69) is 19.9 Å². The lowest BCUT2D eigenvalue weighted by atomic mass is 10.1. The number of morpholine rings is 1. The smallest absolute Gasteiger partial charge is 0.406 e. The van der Waals surface area contributed by atoms with Crippen LogP contribution in [0.5, 0.6) is 5.75 Å². The summed E-state index contributed by atoms with van der Waals surface area (Å²) < 4.78 is 45.4. The number of guanidine groups is 1. The molecule has 1 saturated heterocycles. The molecule has 1 aliphatic heterocycles. The van der Waals surface area contributed by atoms with Crippen LogP contribution in [-0.4, -0.2) is 63.2 Å². The summed E-state index contributed by atoms with van der Waals surface area (Å²) in [5.41, 5.74) is 6.69. The molecule has 1 aliphatic rings. The van der Waals surface area contributed by atoms with Crippen LogP contribution in [-0.2, 0) is 11.2 Å². The minimum absolute atomic E-state index is 0.226. The molecule has 0 atom stereocenters. The first kappa shape index (κ1) is 20.3. The molecule has 1 aromatic rings. The topological polar surface area (TPSA) is 72.1 Å². The Bertz CT molecular complexity index is 558. The average Bonchev–Trinajstić information content (AvgIpc) is 2.60. The molecule has 0 unspecified atom stereocenters. The van der Waals surface area contributed by atoms with Gasteiger partial charge in [0.2, 0.25) is 0 Å². The zero-order chi connectivity index (χ0) is 18.8. The molecule has 2 rings (SSSR count). The van der Waals surface area contributed by atoms with Crippen LogP contribution in [0.2, 0.25) is 0 Å². The fraction of sp³-hybridized carbons (Fsp3) is 0.588. The van der Waals surface area contributed by atoms with E-state index in [9.17, 15) is 13.2 Å².